The van der Waals surface area contributed by atoms with Crippen LogP contribution >= 0.6 is 0 Å². The van der Waals surface area contributed by atoms with E-state index in [0.29, 0.717) is 0 Å². The third-order valence-corrected chi connectivity index (χ3v) is 3.46. The maximum absolute atomic E-state index is 5.40. The molecule has 1 fully saturated rings. The summed E-state index contributed by atoms with van der Waals surface area (Å²) in [4.78, 5) is 6.80. The van der Waals surface area contributed by atoms with E-state index >= 15 is 0 Å². The molecule has 0 atom stereocenters. The van der Waals surface area contributed by atoms with Crippen LogP contribution in [0.5, 0.6) is 0 Å². The molecule has 4 nitrogen and oxygen atoms in total. The summed E-state index contributed by atoms with van der Waals surface area (Å²) < 4.78 is 5.40. The molecule has 100 valence electrons. The van der Waals surface area contributed by atoms with Crippen molar-refractivity contribution in [2.24, 2.45) is 0 Å². The summed E-state index contributed by atoms with van der Waals surface area (Å²) in [5.41, 5.74) is 1.26. The summed E-state index contributed by atoms with van der Waals surface area (Å²) in [6.45, 7) is 10.1. The van der Waals surface area contributed by atoms with Gasteiger partial charge in [-0.05, 0) is 26.0 Å². The van der Waals surface area contributed by atoms with Crippen LogP contribution in [0, 0.1) is 0 Å². The lowest BCUT2D eigenvalue weighted by atomic mass is 10.0. The van der Waals surface area contributed by atoms with Crippen LogP contribution in [0.25, 0.3) is 0 Å². The zero-order valence-corrected chi connectivity index (χ0v) is 11.4. The third-order valence-electron chi connectivity index (χ3n) is 3.46. The van der Waals surface area contributed by atoms with E-state index in [4.69, 9.17) is 4.74 Å². The van der Waals surface area contributed by atoms with Crippen molar-refractivity contribution in [1.82, 2.24) is 15.2 Å². The minimum absolute atomic E-state index is 0.165. The Morgan fingerprint density at radius 1 is 1.33 bits per heavy atom. The molecule has 0 spiro atoms. The van der Waals surface area contributed by atoms with Crippen LogP contribution in [0.3, 0.4) is 0 Å². The maximum Gasteiger partial charge on any atom is 0.0594 e. The zero-order chi connectivity index (χ0) is 12.8. The van der Waals surface area contributed by atoms with Crippen molar-refractivity contribution in [2.45, 2.75) is 25.9 Å². The Morgan fingerprint density at radius 3 is 2.78 bits per heavy atom. The van der Waals surface area contributed by atoms with E-state index in [0.717, 1.165) is 45.1 Å². The van der Waals surface area contributed by atoms with Gasteiger partial charge in [0.15, 0.2) is 0 Å². The average Bonchev–Trinajstić information content (AvgIpc) is 2.41. The van der Waals surface area contributed by atoms with E-state index in [1.54, 1.807) is 0 Å². The first kappa shape index (κ1) is 13.5. The summed E-state index contributed by atoms with van der Waals surface area (Å²) >= 11 is 0. The van der Waals surface area contributed by atoms with Gasteiger partial charge < -0.3 is 10.1 Å². The zero-order valence-electron chi connectivity index (χ0n) is 11.4. The number of morpholine rings is 1. The van der Waals surface area contributed by atoms with E-state index < -0.39 is 0 Å². The number of nitrogens with zero attached hydrogens (tertiary/aromatic N) is 2. The largest absolute Gasteiger partial charge is 0.379 e. The van der Waals surface area contributed by atoms with Gasteiger partial charge in [-0.1, -0.05) is 6.07 Å². The van der Waals surface area contributed by atoms with Crippen molar-refractivity contribution in [3.05, 3.63) is 30.1 Å². The smallest absolute Gasteiger partial charge is 0.0594 e. The number of aromatic nitrogens is 1. The number of pyridine rings is 1. The topological polar surface area (TPSA) is 37.4 Å². The molecule has 0 aromatic carbocycles. The quantitative estimate of drug-likeness (QED) is 0.853. The Kier molecular flexibility index (Phi) is 4.69. The van der Waals surface area contributed by atoms with E-state index in [2.05, 4.69) is 35.1 Å². The van der Waals surface area contributed by atoms with Gasteiger partial charge in [0.25, 0.3) is 0 Å². The number of ether oxygens (including phenoxy) is 1. The van der Waals surface area contributed by atoms with Crippen molar-refractivity contribution in [2.75, 3.05) is 32.8 Å². The van der Waals surface area contributed by atoms with Gasteiger partial charge in [-0.2, -0.15) is 0 Å². The molecule has 1 aromatic heterocycles. The lowest BCUT2D eigenvalue weighted by molar-refractivity contribution is -0.00968. The van der Waals surface area contributed by atoms with Gasteiger partial charge in [-0.15, -0.1) is 0 Å². The molecule has 4 heteroatoms. The second kappa shape index (κ2) is 6.27. The van der Waals surface area contributed by atoms with E-state index in [1.165, 1.54) is 0 Å². The maximum atomic E-state index is 5.40. The van der Waals surface area contributed by atoms with Gasteiger partial charge >= 0.3 is 0 Å². The van der Waals surface area contributed by atoms with Gasteiger partial charge in [-0.3, -0.25) is 9.88 Å². The van der Waals surface area contributed by atoms with E-state index in [-0.39, 0.29) is 5.54 Å². The van der Waals surface area contributed by atoms with Crippen LogP contribution < -0.4 is 5.32 Å². The van der Waals surface area contributed by atoms with Crippen molar-refractivity contribution < 1.29 is 4.74 Å². The highest BCUT2D eigenvalue weighted by Crippen LogP contribution is 2.15. The second-order valence-corrected chi connectivity index (χ2v) is 5.34. The molecule has 0 amide bonds. The Morgan fingerprint density at radius 2 is 2.11 bits per heavy atom. The number of hydrogen-bond donors (Lipinski definition) is 1. The average molecular weight is 249 g/mol. The van der Waals surface area contributed by atoms with Gasteiger partial charge in [-0.25, -0.2) is 0 Å². The predicted octanol–water partition coefficient (Wildman–Crippen LogP) is 1.28. The molecule has 1 aromatic rings. The summed E-state index contributed by atoms with van der Waals surface area (Å²) in [5, 5.41) is 3.49. The minimum Gasteiger partial charge on any atom is -0.379 e. The Labute approximate surface area is 109 Å². The van der Waals surface area contributed by atoms with Crippen molar-refractivity contribution in [3.8, 4) is 0 Å². The number of rotatable bonds is 5. The lowest BCUT2D eigenvalue weighted by Gasteiger charge is -2.41. The SMILES string of the molecule is CC(C)(CNCc1ccccn1)N1CCOCC1. The van der Waals surface area contributed by atoms with Gasteiger partial charge in [0.05, 0.1) is 18.9 Å². The van der Waals surface area contributed by atoms with Crippen LogP contribution in [0.2, 0.25) is 0 Å². The molecule has 0 aliphatic carbocycles. The van der Waals surface area contributed by atoms with E-state index in [9.17, 15) is 0 Å². The molecule has 1 saturated heterocycles. The molecule has 1 aliphatic heterocycles. The Bertz CT molecular complexity index is 347. The molecule has 18 heavy (non-hydrogen) atoms. The molecule has 1 N–H and O–H groups in total. The summed E-state index contributed by atoms with van der Waals surface area (Å²) in [5.74, 6) is 0. The monoisotopic (exact) mass is 249 g/mol. The Hall–Kier alpha value is -0.970. The predicted molar refractivity (Wildman–Crippen MR) is 72.4 cm³/mol. The molecule has 0 bridgehead atoms. The molecule has 0 radical (unpaired) electrons. The van der Waals surface area contributed by atoms with Crippen LogP contribution in [0.1, 0.15) is 19.5 Å². The first-order valence-corrected chi connectivity index (χ1v) is 6.62. The summed E-state index contributed by atoms with van der Waals surface area (Å²) in [6, 6.07) is 6.02. The van der Waals surface area contributed by atoms with Gasteiger partial charge in [0, 0.05) is 37.9 Å². The minimum atomic E-state index is 0.165. The number of nitrogens with one attached hydrogen (secondary N) is 1. The fourth-order valence-electron chi connectivity index (χ4n) is 2.28. The van der Waals surface area contributed by atoms with Crippen LogP contribution in [0.15, 0.2) is 24.4 Å². The fraction of sp³-hybridized carbons (Fsp3) is 0.643. The van der Waals surface area contributed by atoms with E-state index in [1.807, 2.05) is 18.3 Å². The van der Waals surface area contributed by atoms with Crippen molar-refractivity contribution >= 4 is 0 Å². The summed E-state index contributed by atoms with van der Waals surface area (Å²) in [7, 11) is 0. The van der Waals surface area contributed by atoms with Crippen molar-refractivity contribution in [1.29, 1.82) is 0 Å². The number of hydrogen-bond acceptors (Lipinski definition) is 4. The standard InChI is InChI=1S/C14H23N3O/c1-14(2,17-7-9-18-10-8-17)12-15-11-13-5-3-4-6-16-13/h3-6,15H,7-12H2,1-2H3. The van der Waals surface area contributed by atoms with Gasteiger partial charge in [0.2, 0.25) is 0 Å². The van der Waals surface area contributed by atoms with Crippen LogP contribution in [0.4, 0.5) is 0 Å². The van der Waals surface area contributed by atoms with Gasteiger partial charge in [0.1, 0.15) is 0 Å². The molecule has 2 rings (SSSR count). The highest BCUT2D eigenvalue weighted by atomic mass is 16.5. The molecular formula is C14H23N3O. The normalized spacial score (nSPS) is 17.9. The second-order valence-electron chi connectivity index (χ2n) is 5.34. The molecular weight excluding hydrogens is 226 g/mol. The molecule has 1 aliphatic rings. The first-order valence-electron chi connectivity index (χ1n) is 6.62. The lowest BCUT2D eigenvalue weighted by Crippen LogP contribution is -2.54. The molecule has 0 unspecified atom stereocenters. The molecule has 0 saturated carbocycles. The van der Waals surface area contributed by atoms with Crippen LogP contribution in [-0.4, -0.2) is 48.3 Å². The fourth-order valence-corrected chi connectivity index (χ4v) is 2.28. The Balaban J connectivity index is 1.77. The highest BCUT2D eigenvalue weighted by Gasteiger charge is 2.27. The third kappa shape index (κ3) is 3.77. The van der Waals surface area contributed by atoms with Crippen LogP contribution in [-0.2, 0) is 11.3 Å². The first-order chi connectivity index (χ1) is 8.68. The highest BCUT2D eigenvalue weighted by molar-refractivity contribution is 5.03. The molecule has 2 heterocycles. The summed E-state index contributed by atoms with van der Waals surface area (Å²) in [6.07, 6.45) is 1.84. The van der Waals surface area contributed by atoms with Crippen molar-refractivity contribution in [3.63, 3.8) is 0 Å².